The molecule has 0 spiro atoms. The maximum atomic E-state index is 12.9. The highest BCUT2D eigenvalue weighted by Crippen LogP contribution is 2.39. The Hall–Kier alpha value is -1.84. The fourth-order valence-electron chi connectivity index (χ4n) is 3.98. The Morgan fingerprint density at radius 1 is 1.00 bits per heavy atom. The lowest BCUT2D eigenvalue weighted by molar-refractivity contribution is -0.928. The molecular formula is C22H29ClNO2+. The number of carbonyl (C=O) groups is 1. The van der Waals surface area contributed by atoms with E-state index in [1.807, 2.05) is 25.1 Å². The zero-order chi connectivity index (χ0) is 17.8. The number of quaternary nitrogens is 1. The van der Waals surface area contributed by atoms with Gasteiger partial charge in [-0.1, -0.05) is 60.7 Å². The number of likely N-dealkylation sites (tertiary alicyclic amines) is 1. The van der Waals surface area contributed by atoms with Crippen molar-refractivity contribution in [2.24, 2.45) is 0 Å². The minimum atomic E-state index is -0.494. The van der Waals surface area contributed by atoms with Crippen molar-refractivity contribution in [1.29, 1.82) is 0 Å². The van der Waals surface area contributed by atoms with Crippen LogP contribution in [0.4, 0.5) is 0 Å². The molecule has 4 heteroatoms. The van der Waals surface area contributed by atoms with E-state index in [1.165, 1.54) is 5.56 Å². The molecule has 1 aliphatic rings. The molecule has 0 amide bonds. The molecule has 140 valence electrons. The Labute approximate surface area is 163 Å². The molecule has 0 saturated carbocycles. The summed E-state index contributed by atoms with van der Waals surface area (Å²) in [6.45, 7) is 5.28. The summed E-state index contributed by atoms with van der Waals surface area (Å²) in [5.41, 5.74) is 1.96. The Morgan fingerprint density at radius 3 is 2.08 bits per heavy atom. The number of piperidine rings is 1. The highest BCUT2D eigenvalue weighted by atomic mass is 35.5. The maximum absolute atomic E-state index is 12.9. The molecule has 2 aromatic rings. The van der Waals surface area contributed by atoms with Crippen molar-refractivity contribution in [2.45, 2.75) is 31.7 Å². The number of rotatable bonds is 5. The van der Waals surface area contributed by atoms with Gasteiger partial charge >= 0.3 is 5.97 Å². The molecule has 3 nitrogen and oxygen atoms in total. The van der Waals surface area contributed by atoms with Gasteiger partial charge in [0.25, 0.3) is 0 Å². The third-order valence-corrected chi connectivity index (χ3v) is 5.56. The molecule has 0 bridgehead atoms. The van der Waals surface area contributed by atoms with Crippen molar-refractivity contribution in [2.75, 3.05) is 26.7 Å². The Bertz CT molecular complexity index is 695. The molecule has 3 rings (SSSR count). The lowest BCUT2D eigenvalue weighted by atomic mass is 9.72. The number of carbonyl (C=O) groups excluding carboxylic acids is 1. The van der Waals surface area contributed by atoms with Crippen LogP contribution in [0.25, 0.3) is 0 Å². The summed E-state index contributed by atoms with van der Waals surface area (Å²) in [4.78, 5) is 12.9. The molecule has 0 atom stereocenters. The average molecular weight is 375 g/mol. The van der Waals surface area contributed by atoms with Crippen LogP contribution in [0.5, 0.6) is 0 Å². The van der Waals surface area contributed by atoms with Crippen LogP contribution in [0.15, 0.2) is 60.7 Å². The van der Waals surface area contributed by atoms with Crippen molar-refractivity contribution in [3.8, 4) is 0 Å². The highest BCUT2D eigenvalue weighted by molar-refractivity contribution is 5.85. The molecule has 1 saturated heterocycles. The monoisotopic (exact) mass is 374 g/mol. The van der Waals surface area contributed by atoms with Gasteiger partial charge in [0.05, 0.1) is 26.7 Å². The summed E-state index contributed by atoms with van der Waals surface area (Å²) in [5, 5.41) is 0. The molecule has 26 heavy (non-hydrogen) atoms. The lowest BCUT2D eigenvalue weighted by Crippen LogP contribution is -2.56. The van der Waals surface area contributed by atoms with Crippen LogP contribution >= 0.6 is 12.4 Å². The zero-order valence-electron chi connectivity index (χ0n) is 15.7. The van der Waals surface area contributed by atoms with Gasteiger partial charge in [-0.05, 0) is 12.5 Å². The summed E-state index contributed by atoms with van der Waals surface area (Å²) in [5.74, 6) is -0.0628. The third-order valence-electron chi connectivity index (χ3n) is 5.56. The van der Waals surface area contributed by atoms with Crippen LogP contribution < -0.4 is 0 Å². The first kappa shape index (κ1) is 20.5. The molecule has 0 aromatic heterocycles. The van der Waals surface area contributed by atoms with E-state index in [0.29, 0.717) is 6.61 Å². The quantitative estimate of drug-likeness (QED) is 0.574. The molecule has 0 aliphatic carbocycles. The van der Waals surface area contributed by atoms with E-state index in [1.54, 1.807) is 0 Å². The third kappa shape index (κ3) is 4.28. The first-order valence-corrected chi connectivity index (χ1v) is 9.18. The smallest absolute Gasteiger partial charge is 0.317 e. The van der Waals surface area contributed by atoms with Crippen molar-refractivity contribution < 1.29 is 14.0 Å². The van der Waals surface area contributed by atoms with Crippen LogP contribution in [0.2, 0.25) is 0 Å². The van der Waals surface area contributed by atoms with Crippen molar-refractivity contribution in [3.63, 3.8) is 0 Å². The van der Waals surface area contributed by atoms with Gasteiger partial charge in [-0.3, -0.25) is 4.79 Å². The predicted octanol–water partition coefficient (Wildman–Crippen LogP) is 4.35. The minimum absolute atomic E-state index is 0. The Kier molecular flexibility index (Phi) is 6.85. The van der Waals surface area contributed by atoms with E-state index < -0.39 is 5.41 Å². The minimum Gasteiger partial charge on any atom is -0.465 e. The Morgan fingerprint density at radius 2 is 1.54 bits per heavy atom. The summed E-state index contributed by atoms with van der Waals surface area (Å²) in [6, 6.07) is 20.8. The first-order valence-electron chi connectivity index (χ1n) is 9.18. The molecule has 2 aromatic carbocycles. The van der Waals surface area contributed by atoms with Gasteiger partial charge < -0.3 is 9.22 Å². The fraction of sp³-hybridized carbons (Fsp3) is 0.409. The van der Waals surface area contributed by atoms with E-state index in [0.717, 1.165) is 42.5 Å². The second-order valence-electron chi connectivity index (χ2n) is 7.38. The van der Waals surface area contributed by atoms with Crippen LogP contribution in [-0.2, 0) is 21.5 Å². The molecule has 0 N–H and O–H groups in total. The lowest BCUT2D eigenvalue weighted by Gasteiger charge is -2.45. The summed E-state index contributed by atoms with van der Waals surface area (Å²) >= 11 is 0. The standard InChI is InChI=1S/C22H28NO2.ClH/c1-3-25-21(24)22(20-12-8-5-9-13-20)14-16-23(2,17-15-22)18-19-10-6-4-7-11-19;/h4-13H,3,14-18H2,1-2H3;1H/q+1;. The zero-order valence-corrected chi connectivity index (χ0v) is 16.5. The Balaban J connectivity index is 0.00000243. The van der Waals surface area contributed by atoms with Crippen LogP contribution in [0.1, 0.15) is 30.9 Å². The molecule has 0 unspecified atom stereocenters. The van der Waals surface area contributed by atoms with Crippen molar-refractivity contribution >= 4 is 18.4 Å². The SMILES string of the molecule is CCOC(=O)C1(c2ccccc2)CC[N+](C)(Cc2ccccc2)CC1.Cl. The second kappa shape index (κ2) is 8.70. The average Bonchev–Trinajstić information content (AvgIpc) is 2.64. The number of esters is 1. The number of ether oxygens (including phenoxy) is 1. The fourth-order valence-corrected chi connectivity index (χ4v) is 3.98. The summed E-state index contributed by atoms with van der Waals surface area (Å²) in [6.07, 6.45) is 1.67. The molecule has 1 aliphatic heterocycles. The van der Waals surface area contributed by atoms with E-state index in [2.05, 4.69) is 49.5 Å². The molecule has 0 radical (unpaired) electrons. The maximum Gasteiger partial charge on any atom is 0.317 e. The van der Waals surface area contributed by atoms with Gasteiger partial charge in [-0.2, -0.15) is 0 Å². The molecule has 1 heterocycles. The van der Waals surface area contributed by atoms with Crippen molar-refractivity contribution in [3.05, 3.63) is 71.8 Å². The first-order chi connectivity index (χ1) is 12.1. The second-order valence-corrected chi connectivity index (χ2v) is 7.38. The van der Waals surface area contributed by atoms with Crippen molar-refractivity contribution in [1.82, 2.24) is 0 Å². The summed E-state index contributed by atoms with van der Waals surface area (Å²) < 4.78 is 6.45. The predicted molar refractivity (Wildman–Crippen MR) is 107 cm³/mol. The molecule has 1 fully saturated rings. The van der Waals surface area contributed by atoms with Gasteiger partial charge in [-0.25, -0.2) is 0 Å². The number of nitrogens with zero attached hydrogens (tertiary/aromatic N) is 1. The van der Waals surface area contributed by atoms with E-state index in [4.69, 9.17) is 4.74 Å². The van der Waals surface area contributed by atoms with Crippen LogP contribution in [-0.4, -0.2) is 37.2 Å². The number of hydrogen-bond acceptors (Lipinski definition) is 2. The van der Waals surface area contributed by atoms with Crippen LogP contribution in [0, 0.1) is 0 Å². The van der Waals surface area contributed by atoms with Gasteiger partial charge in [0.1, 0.15) is 12.0 Å². The van der Waals surface area contributed by atoms with Gasteiger partial charge in [0, 0.05) is 18.4 Å². The largest absolute Gasteiger partial charge is 0.465 e. The van der Waals surface area contributed by atoms with E-state index >= 15 is 0 Å². The van der Waals surface area contributed by atoms with Gasteiger partial charge in [0.2, 0.25) is 0 Å². The van der Waals surface area contributed by atoms with Crippen LogP contribution in [0.3, 0.4) is 0 Å². The number of halogens is 1. The normalized spacial score (nSPS) is 25.2. The highest BCUT2D eigenvalue weighted by Gasteiger charge is 2.48. The molecular weight excluding hydrogens is 346 g/mol. The topological polar surface area (TPSA) is 26.3 Å². The van der Waals surface area contributed by atoms with E-state index in [-0.39, 0.29) is 18.4 Å². The van der Waals surface area contributed by atoms with E-state index in [9.17, 15) is 4.79 Å². The van der Waals surface area contributed by atoms with Gasteiger partial charge in [-0.15, -0.1) is 12.4 Å². The number of benzene rings is 2. The summed E-state index contributed by atoms with van der Waals surface area (Å²) in [7, 11) is 2.30. The number of hydrogen-bond donors (Lipinski definition) is 0. The van der Waals surface area contributed by atoms with Gasteiger partial charge in [0.15, 0.2) is 0 Å².